The molecule has 1 saturated heterocycles. The summed E-state index contributed by atoms with van der Waals surface area (Å²) in [6.07, 6.45) is 8.18. The van der Waals surface area contributed by atoms with E-state index in [-0.39, 0.29) is 48.5 Å². The van der Waals surface area contributed by atoms with Crippen molar-refractivity contribution in [1.82, 2.24) is 5.32 Å². The molecule has 178 valence electrons. The largest absolute Gasteiger partial charge is 1.00 e. The van der Waals surface area contributed by atoms with Gasteiger partial charge in [0.1, 0.15) is 11.8 Å². The fourth-order valence-electron chi connectivity index (χ4n) is 4.21. The lowest BCUT2D eigenvalue weighted by Crippen LogP contribution is -3.10. The second-order valence-corrected chi connectivity index (χ2v) is 8.74. The Morgan fingerprint density at radius 1 is 1.12 bits per heavy atom. The van der Waals surface area contributed by atoms with Gasteiger partial charge in [-0.05, 0) is 31.9 Å². The number of hydrogen-bond donors (Lipinski definition) is 3. The molecule has 0 radical (unpaired) electrons. The Labute approximate surface area is 204 Å². The van der Waals surface area contributed by atoms with Gasteiger partial charge in [-0.15, -0.1) is 0 Å². The van der Waals surface area contributed by atoms with E-state index in [4.69, 9.17) is 0 Å². The van der Waals surface area contributed by atoms with Gasteiger partial charge < -0.3 is 39.8 Å². The highest BCUT2D eigenvalue weighted by molar-refractivity contribution is 5.90. The first-order valence-corrected chi connectivity index (χ1v) is 11.3. The number of hydrogen-bond acceptors (Lipinski definition) is 3. The number of halogens is 2. The number of rotatable bonds is 10. The fourth-order valence-corrected chi connectivity index (χ4v) is 4.21. The second kappa shape index (κ2) is 14.4. The third kappa shape index (κ3) is 8.66. The van der Waals surface area contributed by atoms with Crippen molar-refractivity contribution in [2.75, 3.05) is 20.1 Å². The summed E-state index contributed by atoms with van der Waals surface area (Å²) in [7, 11) is 2.19. The van der Waals surface area contributed by atoms with Gasteiger partial charge in [0.2, 0.25) is 11.7 Å². The van der Waals surface area contributed by atoms with Crippen LogP contribution in [-0.4, -0.2) is 43.7 Å². The highest BCUT2D eigenvalue weighted by Gasteiger charge is 2.31. The van der Waals surface area contributed by atoms with Crippen molar-refractivity contribution < 1.29 is 44.6 Å². The summed E-state index contributed by atoms with van der Waals surface area (Å²) < 4.78 is 0. The molecular weight excluding hydrogens is 447 g/mol. The van der Waals surface area contributed by atoms with E-state index in [0.29, 0.717) is 6.42 Å². The third-order valence-corrected chi connectivity index (χ3v) is 6.17. The number of amidine groups is 1. The van der Waals surface area contributed by atoms with Gasteiger partial charge in [-0.1, -0.05) is 31.0 Å². The standard InChI is InChI=1S/C24H34N4O2.2ClH/c1-18(29)9-5-3-8-12-21(27-24(30)20-13-15-28(2)16-14-20)23-25-17-22(26-23)19-10-6-4-7-11-19;;/h4,6-7,10-11,17,20-21H,3,5,8-9,12-16H2,1-2H3,(H,25,26)(H,27,30);2*1H/t21-;;/m0../s1. The zero-order valence-corrected chi connectivity index (χ0v) is 20.6. The van der Waals surface area contributed by atoms with Gasteiger partial charge in [0.25, 0.3) is 0 Å². The number of ketones is 1. The Hall–Kier alpha value is -1.73. The summed E-state index contributed by atoms with van der Waals surface area (Å²) in [5.74, 6) is 1.46. The van der Waals surface area contributed by atoms with Crippen molar-refractivity contribution >= 4 is 23.2 Å². The Morgan fingerprint density at radius 2 is 1.81 bits per heavy atom. The molecular formula is C24H36Cl2N4O2. The van der Waals surface area contributed by atoms with E-state index in [1.165, 1.54) is 4.90 Å². The first kappa shape index (κ1) is 28.3. The molecule has 1 aromatic rings. The first-order chi connectivity index (χ1) is 14.5. The van der Waals surface area contributed by atoms with Crippen LogP contribution in [0.4, 0.5) is 0 Å². The zero-order chi connectivity index (χ0) is 21.3. The van der Waals surface area contributed by atoms with E-state index in [0.717, 1.165) is 68.7 Å². The summed E-state index contributed by atoms with van der Waals surface area (Å²) >= 11 is 0. The maximum Gasteiger partial charge on any atom is 0.227 e. The number of carbonyl (C=O) groups excluding carboxylic acids is 2. The molecule has 2 aliphatic rings. The number of aliphatic imine (C=N–C) groups is 1. The van der Waals surface area contributed by atoms with Crippen molar-refractivity contribution in [2.24, 2.45) is 10.9 Å². The molecule has 2 heterocycles. The fraction of sp³-hybridized carbons (Fsp3) is 0.542. The summed E-state index contributed by atoms with van der Waals surface area (Å²) in [6.45, 7) is 3.76. The van der Waals surface area contributed by atoms with Crippen LogP contribution in [0.3, 0.4) is 0 Å². The number of carbonyl (C=O) groups is 2. The highest BCUT2D eigenvalue weighted by Crippen LogP contribution is 2.15. The number of piperidine rings is 1. The van der Waals surface area contributed by atoms with E-state index in [1.807, 2.05) is 24.4 Å². The number of nitrogens with one attached hydrogen (secondary N) is 2. The number of unbranched alkanes of at least 4 members (excludes halogenated alkanes) is 2. The van der Waals surface area contributed by atoms with Gasteiger partial charge in [-0.25, -0.2) is 4.99 Å². The van der Waals surface area contributed by atoms with Crippen molar-refractivity contribution in [3.8, 4) is 0 Å². The van der Waals surface area contributed by atoms with E-state index in [1.54, 1.807) is 6.92 Å². The Bertz CT molecular complexity index is 790. The number of Topliss-reactive ketones (excluding diaryl/α,β-unsaturated/α-hetero) is 1. The molecule has 3 rings (SSSR count). The van der Waals surface area contributed by atoms with Gasteiger partial charge in [-0.2, -0.15) is 0 Å². The lowest BCUT2D eigenvalue weighted by Gasteiger charge is -2.27. The van der Waals surface area contributed by atoms with E-state index in [2.05, 4.69) is 34.8 Å². The first-order valence-electron chi connectivity index (χ1n) is 11.3. The lowest BCUT2D eigenvalue weighted by molar-refractivity contribution is -0.885. The second-order valence-electron chi connectivity index (χ2n) is 8.74. The van der Waals surface area contributed by atoms with Gasteiger partial charge in [-0.3, -0.25) is 10.1 Å². The average molecular weight is 483 g/mol. The van der Waals surface area contributed by atoms with Crippen LogP contribution in [0.15, 0.2) is 41.5 Å². The van der Waals surface area contributed by atoms with E-state index >= 15 is 0 Å². The molecule has 32 heavy (non-hydrogen) atoms. The van der Waals surface area contributed by atoms with Gasteiger partial charge in [0.15, 0.2) is 5.70 Å². The van der Waals surface area contributed by atoms with Crippen LogP contribution >= 0.6 is 0 Å². The van der Waals surface area contributed by atoms with Gasteiger partial charge in [0, 0.05) is 30.7 Å². The highest BCUT2D eigenvalue weighted by atomic mass is 35.5. The van der Waals surface area contributed by atoms with Gasteiger partial charge in [0.05, 0.1) is 26.3 Å². The minimum absolute atomic E-state index is 0. The number of nitrogens with two attached hydrogens (primary N) is 1. The number of likely N-dealkylation sites (tertiary alicyclic amines) is 1. The number of quaternary nitrogens is 2. The van der Waals surface area contributed by atoms with E-state index in [9.17, 15) is 9.59 Å². The lowest BCUT2D eigenvalue weighted by atomic mass is 9.95. The number of benzene rings is 1. The van der Waals surface area contributed by atoms with Crippen molar-refractivity contribution in [3.63, 3.8) is 0 Å². The molecule has 0 aromatic heterocycles. The van der Waals surface area contributed by atoms with Crippen LogP contribution in [0.2, 0.25) is 0 Å². The molecule has 0 bridgehead atoms. The van der Waals surface area contributed by atoms with Crippen molar-refractivity contribution in [1.29, 1.82) is 0 Å². The molecule has 1 aromatic carbocycles. The summed E-state index contributed by atoms with van der Waals surface area (Å²) in [5, 5.41) is 5.41. The molecule has 0 unspecified atom stereocenters. The molecule has 8 heteroatoms. The smallest absolute Gasteiger partial charge is 0.227 e. The molecule has 1 fully saturated rings. The monoisotopic (exact) mass is 482 g/mol. The average Bonchev–Trinajstić information content (AvgIpc) is 3.23. The minimum atomic E-state index is -0.0701. The van der Waals surface area contributed by atoms with Crippen molar-refractivity contribution in [2.45, 2.75) is 57.9 Å². The SMILES string of the molecule is CC(=O)CCCCC[C@H](NC(=O)C1CC[NH+](C)CC1)C1=NC=C(c2ccccc2)[NH2+]1.[Cl-].[Cl-]. The molecule has 1 atom stereocenters. The Kier molecular flexibility index (Phi) is 12.8. The van der Waals surface area contributed by atoms with Crippen LogP contribution in [0.1, 0.15) is 57.4 Å². The molecule has 0 saturated carbocycles. The maximum atomic E-state index is 13.0. The minimum Gasteiger partial charge on any atom is -1.00 e. The predicted molar refractivity (Wildman–Crippen MR) is 119 cm³/mol. The zero-order valence-electron chi connectivity index (χ0n) is 19.1. The predicted octanol–water partition coefficient (Wildman–Crippen LogP) is -5.08. The summed E-state index contributed by atoms with van der Waals surface area (Å²) in [6, 6.07) is 10.2. The Balaban J connectivity index is 0.00000256. The number of nitrogens with zero attached hydrogens (tertiary/aromatic N) is 1. The molecule has 6 nitrogen and oxygen atoms in total. The Morgan fingerprint density at radius 3 is 2.47 bits per heavy atom. The van der Waals surface area contributed by atoms with Crippen LogP contribution in [-0.2, 0) is 9.59 Å². The van der Waals surface area contributed by atoms with Crippen LogP contribution < -0.4 is 40.3 Å². The summed E-state index contributed by atoms with van der Waals surface area (Å²) in [5.41, 5.74) is 2.23. The maximum absolute atomic E-state index is 13.0. The number of amides is 1. The van der Waals surface area contributed by atoms with Crippen molar-refractivity contribution in [3.05, 3.63) is 42.1 Å². The molecule has 4 N–H and O–H groups in total. The quantitative estimate of drug-likeness (QED) is 0.292. The van der Waals surface area contributed by atoms with Crippen LogP contribution in [0, 0.1) is 5.92 Å². The molecule has 0 aliphatic carbocycles. The van der Waals surface area contributed by atoms with Crippen LogP contribution in [0.25, 0.3) is 5.70 Å². The molecule has 2 aliphatic heterocycles. The normalized spacial score (nSPS) is 20.8. The molecule has 0 spiro atoms. The van der Waals surface area contributed by atoms with Crippen LogP contribution in [0.5, 0.6) is 0 Å². The third-order valence-electron chi connectivity index (χ3n) is 6.17. The summed E-state index contributed by atoms with van der Waals surface area (Å²) in [4.78, 5) is 30.3. The van der Waals surface area contributed by atoms with Gasteiger partial charge >= 0.3 is 0 Å². The topological polar surface area (TPSA) is 79.6 Å². The molecule has 1 amide bonds. The van der Waals surface area contributed by atoms with E-state index < -0.39 is 0 Å².